The lowest BCUT2D eigenvalue weighted by Crippen LogP contribution is -2.29. The molecule has 4 aromatic rings. The van der Waals surface area contributed by atoms with Crippen LogP contribution in [0.4, 0.5) is 5.69 Å². The Morgan fingerprint density at radius 1 is 1.23 bits per heavy atom. The first-order valence-electron chi connectivity index (χ1n) is 7.78. The molecular weight excluding hydrogens is 340 g/mol. The third-order valence-electron chi connectivity index (χ3n) is 3.93. The average Bonchev–Trinajstić information content (AvgIpc) is 3.11. The fourth-order valence-corrected chi connectivity index (χ4v) is 2.76. The summed E-state index contributed by atoms with van der Waals surface area (Å²) >= 11 is 0. The first kappa shape index (κ1) is 15.8. The third kappa shape index (κ3) is 2.48. The number of amides is 1. The number of aromatic nitrogens is 5. The maximum Gasteiger partial charge on any atom is 0.420 e. The Hall–Kier alpha value is -3.69. The zero-order valence-electron chi connectivity index (χ0n) is 13.9. The Bertz CT molecular complexity index is 1280. The van der Waals surface area contributed by atoms with Crippen molar-refractivity contribution in [2.75, 3.05) is 5.32 Å². The summed E-state index contributed by atoms with van der Waals surface area (Å²) in [7, 11) is 0. The lowest BCUT2D eigenvalue weighted by Gasteiger charge is -2.07. The zero-order valence-corrected chi connectivity index (χ0v) is 13.9. The molecule has 10 heteroatoms. The lowest BCUT2D eigenvalue weighted by molar-refractivity contribution is -0.116. The Labute approximate surface area is 145 Å². The number of hydrogen-bond donors (Lipinski definition) is 2. The number of aromatic amines is 1. The van der Waals surface area contributed by atoms with Crippen molar-refractivity contribution in [1.82, 2.24) is 24.1 Å². The minimum Gasteiger partial charge on any atom is -0.408 e. The molecule has 0 aliphatic carbocycles. The number of carbonyl (C=O) groups excluding carboxylic acids is 1. The summed E-state index contributed by atoms with van der Waals surface area (Å²) in [5, 5.41) is 5.28. The number of H-pyrrole nitrogens is 1. The first-order chi connectivity index (χ1) is 12.4. The van der Waals surface area contributed by atoms with Gasteiger partial charge < -0.3 is 9.73 Å². The van der Waals surface area contributed by atoms with Gasteiger partial charge in [0, 0.05) is 0 Å². The highest BCUT2D eigenvalue weighted by Crippen LogP contribution is 2.12. The maximum atomic E-state index is 12.5. The van der Waals surface area contributed by atoms with Gasteiger partial charge in [-0.3, -0.25) is 19.3 Å². The van der Waals surface area contributed by atoms with E-state index < -0.39 is 17.2 Å². The number of para-hydroxylation sites is 2. The van der Waals surface area contributed by atoms with Gasteiger partial charge in [0.2, 0.25) is 5.91 Å². The van der Waals surface area contributed by atoms with Gasteiger partial charge in [0.05, 0.1) is 11.2 Å². The van der Waals surface area contributed by atoms with Crippen LogP contribution in [0.15, 0.2) is 38.3 Å². The second-order valence-corrected chi connectivity index (χ2v) is 5.79. The predicted octanol–water partition coefficient (Wildman–Crippen LogP) is 0.581. The topological polar surface area (TPSA) is 127 Å². The highest BCUT2D eigenvalue weighted by Gasteiger charge is 2.17. The minimum atomic E-state index is -0.646. The number of fused-ring (bicyclic) bond motifs is 2. The highest BCUT2D eigenvalue weighted by molar-refractivity contribution is 5.91. The summed E-state index contributed by atoms with van der Waals surface area (Å²) in [4.78, 5) is 45.2. The lowest BCUT2D eigenvalue weighted by atomic mass is 10.3. The van der Waals surface area contributed by atoms with Crippen molar-refractivity contribution in [1.29, 1.82) is 0 Å². The fraction of sp³-hybridized carbons (Fsp3) is 0.188. The van der Waals surface area contributed by atoms with Crippen LogP contribution in [0.2, 0.25) is 0 Å². The SMILES string of the molecule is Cc1nc2nc(C)c(NC(=O)Cn3c(=O)oc4ccccc43)c(=O)n2[nH]1. The molecule has 0 aliphatic heterocycles. The molecule has 0 saturated carbocycles. The van der Waals surface area contributed by atoms with E-state index in [1.807, 2.05) is 0 Å². The van der Waals surface area contributed by atoms with E-state index in [1.54, 1.807) is 38.1 Å². The number of rotatable bonds is 3. The van der Waals surface area contributed by atoms with Crippen molar-refractivity contribution in [3.05, 3.63) is 56.7 Å². The molecule has 3 aromatic heterocycles. The van der Waals surface area contributed by atoms with Crippen LogP contribution in [0.25, 0.3) is 16.9 Å². The standard InChI is InChI=1S/C16H14N6O4/c1-8-13(14(24)22-15(17-8)18-9(2)20-22)19-12(23)7-21-10-5-3-4-6-11(10)26-16(21)25/h3-6H,7H2,1-2H3,(H,19,23)(H,17,18,20). The van der Waals surface area contributed by atoms with Gasteiger partial charge in [0.1, 0.15) is 18.1 Å². The molecule has 0 bridgehead atoms. The van der Waals surface area contributed by atoms with E-state index in [1.165, 1.54) is 4.57 Å². The summed E-state index contributed by atoms with van der Waals surface area (Å²) in [6.45, 7) is 3.00. The largest absolute Gasteiger partial charge is 0.420 e. The molecule has 3 heterocycles. The molecule has 0 fully saturated rings. The van der Waals surface area contributed by atoms with Crippen LogP contribution in [0.1, 0.15) is 11.5 Å². The predicted molar refractivity (Wildman–Crippen MR) is 92.2 cm³/mol. The molecule has 0 saturated heterocycles. The summed E-state index contributed by atoms with van der Waals surface area (Å²) in [5.41, 5.74) is 0.763. The van der Waals surface area contributed by atoms with Crippen LogP contribution in [0, 0.1) is 13.8 Å². The van der Waals surface area contributed by atoms with Gasteiger partial charge >= 0.3 is 5.76 Å². The van der Waals surface area contributed by atoms with E-state index in [2.05, 4.69) is 20.4 Å². The highest BCUT2D eigenvalue weighted by atomic mass is 16.4. The van der Waals surface area contributed by atoms with Gasteiger partial charge in [-0.25, -0.2) is 9.78 Å². The van der Waals surface area contributed by atoms with E-state index in [0.29, 0.717) is 22.6 Å². The van der Waals surface area contributed by atoms with Crippen molar-refractivity contribution in [3.63, 3.8) is 0 Å². The molecule has 132 valence electrons. The quantitative estimate of drug-likeness (QED) is 0.554. The number of carbonyl (C=O) groups is 1. The summed E-state index contributed by atoms with van der Waals surface area (Å²) < 4.78 is 7.44. The normalized spacial score (nSPS) is 11.3. The van der Waals surface area contributed by atoms with Crippen molar-refractivity contribution < 1.29 is 9.21 Å². The number of nitrogens with zero attached hydrogens (tertiary/aromatic N) is 4. The smallest absolute Gasteiger partial charge is 0.408 e. The molecule has 26 heavy (non-hydrogen) atoms. The van der Waals surface area contributed by atoms with Crippen LogP contribution in [-0.2, 0) is 11.3 Å². The van der Waals surface area contributed by atoms with Gasteiger partial charge in [-0.2, -0.15) is 9.50 Å². The average molecular weight is 354 g/mol. The fourth-order valence-electron chi connectivity index (χ4n) is 2.76. The number of benzene rings is 1. The van der Waals surface area contributed by atoms with E-state index in [4.69, 9.17) is 4.42 Å². The summed E-state index contributed by atoms with van der Waals surface area (Å²) in [6.07, 6.45) is 0. The van der Waals surface area contributed by atoms with E-state index in [9.17, 15) is 14.4 Å². The van der Waals surface area contributed by atoms with Crippen molar-refractivity contribution in [2.24, 2.45) is 0 Å². The molecule has 0 atom stereocenters. The van der Waals surface area contributed by atoms with Crippen LogP contribution < -0.4 is 16.6 Å². The molecule has 10 nitrogen and oxygen atoms in total. The molecule has 1 amide bonds. The van der Waals surface area contributed by atoms with Gasteiger partial charge in [-0.15, -0.1) is 0 Å². The molecule has 2 N–H and O–H groups in total. The maximum absolute atomic E-state index is 12.5. The second-order valence-electron chi connectivity index (χ2n) is 5.79. The van der Waals surface area contributed by atoms with Crippen molar-refractivity contribution in [2.45, 2.75) is 20.4 Å². The van der Waals surface area contributed by atoms with Crippen LogP contribution >= 0.6 is 0 Å². The monoisotopic (exact) mass is 354 g/mol. The molecule has 0 spiro atoms. The summed E-state index contributed by atoms with van der Waals surface area (Å²) in [5.74, 6) is -0.446. The van der Waals surface area contributed by atoms with Crippen LogP contribution in [0.3, 0.4) is 0 Å². The van der Waals surface area contributed by atoms with Crippen molar-refractivity contribution in [3.8, 4) is 0 Å². The van der Waals surface area contributed by atoms with Crippen molar-refractivity contribution >= 4 is 28.5 Å². The van der Waals surface area contributed by atoms with E-state index in [0.717, 1.165) is 4.52 Å². The number of nitrogens with one attached hydrogen (secondary N) is 2. The second kappa shape index (κ2) is 5.69. The molecule has 0 aliphatic rings. The van der Waals surface area contributed by atoms with E-state index >= 15 is 0 Å². The van der Waals surface area contributed by atoms with Gasteiger partial charge in [0.25, 0.3) is 11.3 Å². The van der Waals surface area contributed by atoms with Gasteiger partial charge in [0.15, 0.2) is 5.58 Å². The number of anilines is 1. The zero-order chi connectivity index (χ0) is 18.4. The summed E-state index contributed by atoms with van der Waals surface area (Å²) in [6, 6.07) is 6.78. The van der Waals surface area contributed by atoms with Gasteiger partial charge in [-0.1, -0.05) is 12.1 Å². The Morgan fingerprint density at radius 3 is 2.81 bits per heavy atom. The number of hydrogen-bond acceptors (Lipinski definition) is 6. The Morgan fingerprint density at radius 2 is 2.00 bits per heavy atom. The first-order valence-corrected chi connectivity index (χ1v) is 7.78. The molecule has 0 radical (unpaired) electrons. The molecule has 0 unspecified atom stereocenters. The third-order valence-corrected chi connectivity index (χ3v) is 3.93. The van der Waals surface area contributed by atoms with Crippen LogP contribution in [-0.4, -0.2) is 30.1 Å². The van der Waals surface area contributed by atoms with Gasteiger partial charge in [-0.05, 0) is 26.0 Å². The van der Waals surface area contributed by atoms with Crippen LogP contribution in [0.5, 0.6) is 0 Å². The minimum absolute atomic E-state index is 0.0250. The Kier molecular flexibility index (Phi) is 3.46. The molecule has 1 aromatic carbocycles. The van der Waals surface area contributed by atoms with E-state index in [-0.39, 0.29) is 18.0 Å². The Balaban J connectivity index is 1.68. The molecular formula is C16H14N6O4. The number of aryl methyl sites for hydroxylation is 2. The molecule has 4 rings (SSSR count). The number of oxazole rings is 1.